The first-order valence-corrected chi connectivity index (χ1v) is 6.26. The minimum absolute atomic E-state index is 0.0659. The van der Waals surface area contributed by atoms with E-state index < -0.39 is 0 Å². The van der Waals surface area contributed by atoms with Crippen molar-refractivity contribution in [3.63, 3.8) is 0 Å². The maximum absolute atomic E-state index is 12.0. The standard InChI is InChI=1S/C13H20N2O2/c1-9(12-6-3-7-17-12)15-13(16)10-4-2-5-11(14)8-10/h3,6-7,9-11H,2,4-5,8,14H2,1H3,(H,15,16). The summed E-state index contributed by atoms with van der Waals surface area (Å²) in [6.45, 7) is 1.93. The Morgan fingerprint density at radius 1 is 1.59 bits per heavy atom. The Balaban J connectivity index is 1.88. The van der Waals surface area contributed by atoms with Crippen molar-refractivity contribution in [1.29, 1.82) is 0 Å². The largest absolute Gasteiger partial charge is 0.467 e. The molecular formula is C13H20N2O2. The Morgan fingerprint density at radius 2 is 2.41 bits per heavy atom. The molecule has 0 aliphatic heterocycles. The lowest BCUT2D eigenvalue weighted by molar-refractivity contribution is -0.126. The molecular weight excluding hydrogens is 216 g/mol. The van der Waals surface area contributed by atoms with Crippen LogP contribution in [-0.2, 0) is 4.79 Å². The number of carbonyl (C=O) groups is 1. The average molecular weight is 236 g/mol. The first-order valence-electron chi connectivity index (χ1n) is 6.26. The average Bonchev–Trinajstić information content (AvgIpc) is 2.82. The van der Waals surface area contributed by atoms with Gasteiger partial charge < -0.3 is 15.5 Å². The topological polar surface area (TPSA) is 68.3 Å². The quantitative estimate of drug-likeness (QED) is 0.843. The molecule has 0 bridgehead atoms. The molecule has 4 heteroatoms. The van der Waals surface area contributed by atoms with E-state index in [1.54, 1.807) is 6.26 Å². The van der Waals surface area contributed by atoms with E-state index in [4.69, 9.17) is 10.2 Å². The second-order valence-corrected chi connectivity index (χ2v) is 4.87. The molecule has 4 nitrogen and oxygen atoms in total. The van der Waals surface area contributed by atoms with Gasteiger partial charge in [-0.15, -0.1) is 0 Å². The monoisotopic (exact) mass is 236 g/mol. The SMILES string of the molecule is CC(NC(=O)C1CCCC(N)C1)c1ccco1. The zero-order chi connectivity index (χ0) is 12.3. The molecule has 1 aromatic heterocycles. The van der Waals surface area contributed by atoms with Crippen LogP contribution in [-0.4, -0.2) is 11.9 Å². The lowest BCUT2D eigenvalue weighted by Gasteiger charge is -2.26. The summed E-state index contributed by atoms with van der Waals surface area (Å²) in [4.78, 5) is 12.0. The van der Waals surface area contributed by atoms with Crippen molar-refractivity contribution >= 4 is 5.91 Å². The predicted octanol–water partition coefficient (Wildman–Crippen LogP) is 1.97. The molecule has 0 spiro atoms. The van der Waals surface area contributed by atoms with Crippen molar-refractivity contribution in [2.45, 2.75) is 44.7 Å². The minimum Gasteiger partial charge on any atom is -0.467 e. The number of carbonyl (C=O) groups excluding carboxylic acids is 1. The first-order chi connectivity index (χ1) is 8.16. The van der Waals surface area contributed by atoms with Crippen LogP contribution in [0.2, 0.25) is 0 Å². The van der Waals surface area contributed by atoms with Crippen LogP contribution in [0.4, 0.5) is 0 Å². The third-order valence-corrected chi connectivity index (χ3v) is 3.41. The van der Waals surface area contributed by atoms with Gasteiger partial charge in [0.15, 0.2) is 0 Å². The summed E-state index contributed by atoms with van der Waals surface area (Å²) >= 11 is 0. The lowest BCUT2D eigenvalue weighted by Crippen LogP contribution is -2.38. The first kappa shape index (κ1) is 12.2. The number of hydrogen-bond donors (Lipinski definition) is 2. The molecule has 3 atom stereocenters. The van der Waals surface area contributed by atoms with E-state index in [0.29, 0.717) is 0 Å². The smallest absolute Gasteiger partial charge is 0.223 e. The van der Waals surface area contributed by atoms with Crippen LogP contribution < -0.4 is 11.1 Å². The highest BCUT2D eigenvalue weighted by Crippen LogP contribution is 2.24. The Kier molecular flexibility index (Phi) is 3.84. The van der Waals surface area contributed by atoms with E-state index in [2.05, 4.69) is 5.32 Å². The van der Waals surface area contributed by atoms with Gasteiger partial charge in [-0.2, -0.15) is 0 Å². The van der Waals surface area contributed by atoms with E-state index in [1.165, 1.54) is 0 Å². The molecule has 1 heterocycles. The molecule has 17 heavy (non-hydrogen) atoms. The molecule has 1 aliphatic carbocycles. The van der Waals surface area contributed by atoms with Crippen molar-refractivity contribution in [3.8, 4) is 0 Å². The molecule has 2 rings (SSSR count). The van der Waals surface area contributed by atoms with Gasteiger partial charge in [-0.3, -0.25) is 4.79 Å². The number of amides is 1. The normalized spacial score (nSPS) is 26.5. The summed E-state index contributed by atoms with van der Waals surface area (Å²) in [5.74, 6) is 0.957. The summed E-state index contributed by atoms with van der Waals surface area (Å²) in [6.07, 6.45) is 5.46. The molecule has 3 unspecified atom stereocenters. The molecule has 1 aromatic rings. The van der Waals surface area contributed by atoms with Crippen LogP contribution in [0.5, 0.6) is 0 Å². The van der Waals surface area contributed by atoms with Crippen molar-refractivity contribution in [2.24, 2.45) is 11.7 Å². The summed E-state index contributed by atoms with van der Waals surface area (Å²) in [5.41, 5.74) is 5.89. The van der Waals surface area contributed by atoms with Crippen LogP contribution in [0.25, 0.3) is 0 Å². The third kappa shape index (κ3) is 3.09. The zero-order valence-electron chi connectivity index (χ0n) is 10.2. The Hall–Kier alpha value is -1.29. The van der Waals surface area contributed by atoms with Crippen LogP contribution in [0.15, 0.2) is 22.8 Å². The maximum Gasteiger partial charge on any atom is 0.223 e. The van der Waals surface area contributed by atoms with E-state index in [1.807, 2.05) is 19.1 Å². The van der Waals surface area contributed by atoms with E-state index >= 15 is 0 Å². The van der Waals surface area contributed by atoms with Crippen molar-refractivity contribution in [3.05, 3.63) is 24.2 Å². The molecule has 94 valence electrons. The molecule has 0 aromatic carbocycles. The summed E-state index contributed by atoms with van der Waals surface area (Å²) in [7, 11) is 0. The number of nitrogens with one attached hydrogen (secondary N) is 1. The minimum atomic E-state index is -0.0735. The molecule has 1 saturated carbocycles. The molecule has 3 N–H and O–H groups in total. The number of furan rings is 1. The highest BCUT2D eigenvalue weighted by atomic mass is 16.3. The van der Waals surface area contributed by atoms with Crippen LogP contribution >= 0.6 is 0 Å². The number of nitrogens with two attached hydrogens (primary N) is 1. The van der Waals surface area contributed by atoms with Gasteiger partial charge >= 0.3 is 0 Å². The molecule has 1 aliphatic rings. The van der Waals surface area contributed by atoms with Crippen molar-refractivity contribution in [2.75, 3.05) is 0 Å². The third-order valence-electron chi connectivity index (χ3n) is 3.41. The Labute approximate surface area is 102 Å². The predicted molar refractivity (Wildman–Crippen MR) is 65.2 cm³/mol. The maximum atomic E-state index is 12.0. The number of hydrogen-bond acceptors (Lipinski definition) is 3. The van der Waals surface area contributed by atoms with Gasteiger partial charge in [0.05, 0.1) is 12.3 Å². The molecule has 0 radical (unpaired) electrons. The van der Waals surface area contributed by atoms with Crippen molar-refractivity contribution < 1.29 is 9.21 Å². The van der Waals surface area contributed by atoms with Crippen LogP contribution in [0.1, 0.15) is 44.4 Å². The zero-order valence-corrected chi connectivity index (χ0v) is 10.2. The summed E-state index contributed by atoms with van der Waals surface area (Å²) in [5, 5.41) is 2.98. The Morgan fingerprint density at radius 3 is 3.06 bits per heavy atom. The van der Waals surface area contributed by atoms with Crippen molar-refractivity contribution in [1.82, 2.24) is 5.32 Å². The highest BCUT2D eigenvalue weighted by Gasteiger charge is 2.26. The van der Waals surface area contributed by atoms with Gasteiger partial charge in [-0.05, 0) is 38.3 Å². The van der Waals surface area contributed by atoms with Crippen LogP contribution in [0.3, 0.4) is 0 Å². The highest BCUT2D eigenvalue weighted by molar-refractivity contribution is 5.79. The van der Waals surface area contributed by atoms with Crippen LogP contribution in [0, 0.1) is 5.92 Å². The fraction of sp³-hybridized carbons (Fsp3) is 0.615. The lowest BCUT2D eigenvalue weighted by atomic mass is 9.85. The van der Waals surface area contributed by atoms with Gasteiger partial charge in [0, 0.05) is 12.0 Å². The summed E-state index contributed by atoms with van der Waals surface area (Å²) in [6, 6.07) is 3.81. The van der Waals surface area contributed by atoms with Gasteiger partial charge in [0.2, 0.25) is 5.91 Å². The second kappa shape index (κ2) is 5.36. The Bertz CT molecular complexity index is 362. The fourth-order valence-corrected chi connectivity index (χ4v) is 2.41. The van der Waals surface area contributed by atoms with E-state index in [-0.39, 0.29) is 23.9 Å². The van der Waals surface area contributed by atoms with Gasteiger partial charge in [-0.1, -0.05) is 6.42 Å². The molecule has 1 amide bonds. The van der Waals surface area contributed by atoms with Gasteiger partial charge in [0.1, 0.15) is 5.76 Å². The fourth-order valence-electron chi connectivity index (χ4n) is 2.41. The summed E-state index contributed by atoms with van der Waals surface area (Å²) < 4.78 is 5.27. The van der Waals surface area contributed by atoms with Gasteiger partial charge in [0.25, 0.3) is 0 Å². The van der Waals surface area contributed by atoms with E-state index in [9.17, 15) is 4.79 Å². The molecule has 1 fully saturated rings. The van der Waals surface area contributed by atoms with E-state index in [0.717, 1.165) is 31.4 Å². The second-order valence-electron chi connectivity index (χ2n) is 4.87. The number of rotatable bonds is 3. The van der Waals surface area contributed by atoms with Gasteiger partial charge in [-0.25, -0.2) is 0 Å². The molecule has 0 saturated heterocycles.